The van der Waals surface area contributed by atoms with E-state index < -0.39 is 17.8 Å². The molecule has 2 aromatic carbocycles. The molecule has 1 aromatic heterocycles. The smallest absolute Gasteiger partial charge is 0.308 e. The third kappa shape index (κ3) is 5.34. The van der Waals surface area contributed by atoms with Gasteiger partial charge in [0.15, 0.2) is 0 Å². The molecule has 0 aliphatic carbocycles. The first kappa shape index (κ1) is 20.4. The number of aryl methyl sites for hydroxylation is 1. The molecule has 2 amide bonds. The first-order chi connectivity index (χ1) is 13.9. The Morgan fingerprint density at radius 1 is 1.07 bits per heavy atom. The summed E-state index contributed by atoms with van der Waals surface area (Å²) in [5.41, 5.74) is 0.874. The van der Waals surface area contributed by atoms with Crippen LogP contribution in [0.25, 0.3) is 5.69 Å². The van der Waals surface area contributed by atoms with Gasteiger partial charge in [-0.25, -0.2) is 9.48 Å². The molecule has 6 nitrogen and oxygen atoms in total. The van der Waals surface area contributed by atoms with Crippen LogP contribution in [-0.4, -0.2) is 21.0 Å². The van der Waals surface area contributed by atoms with E-state index in [9.17, 15) is 18.0 Å². The number of halogens is 3. The van der Waals surface area contributed by atoms with Gasteiger partial charge in [-0.3, -0.25) is 0 Å². The van der Waals surface area contributed by atoms with E-state index in [1.54, 1.807) is 28.9 Å². The highest BCUT2D eigenvalue weighted by Gasteiger charge is 2.33. The van der Waals surface area contributed by atoms with Crippen molar-refractivity contribution in [3.05, 3.63) is 66.0 Å². The number of para-hydroxylation sites is 1. The number of unbranched alkanes of at least 4 members (excludes halogenated alkanes) is 1. The third-order valence-corrected chi connectivity index (χ3v) is 4.20. The predicted molar refractivity (Wildman–Crippen MR) is 104 cm³/mol. The van der Waals surface area contributed by atoms with Crippen molar-refractivity contribution in [2.45, 2.75) is 32.4 Å². The highest BCUT2D eigenvalue weighted by molar-refractivity contribution is 6.00. The summed E-state index contributed by atoms with van der Waals surface area (Å²) >= 11 is 0. The number of hydrogen-bond donors (Lipinski definition) is 2. The lowest BCUT2D eigenvalue weighted by Gasteiger charge is -2.14. The quantitative estimate of drug-likeness (QED) is 0.589. The lowest BCUT2D eigenvalue weighted by Crippen LogP contribution is -2.21. The first-order valence-electron chi connectivity index (χ1n) is 9.12. The van der Waals surface area contributed by atoms with Gasteiger partial charge in [-0.05, 0) is 49.2 Å². The van der Waals surface area contributed by atoms with E-state index in [1.807, 2.05) is 6.20 Å². The summed E-state index contributed by atoms with van der Waals surface area (Å²) in [4.78, 5) is 12.1. The van der Waals surface area contributed by atoms with Gasteiger partial charge in [0.1, 0.15) is 0 Å². The van der Waals surface area contributed by atoms with Crippen LogP contribution < -0.4 is 10.6 Å². The molecular weight excluding hydrogens is 383 g/mol. The Balaban J connectivity index is 1.64. The van der Waals surface area contributed by atoms with Crippen LogP contribution in [0.15, 0.2) is 54.7 Å². The van der Waals surface area contributed by atoms with Gasteiger partial charge in [-0.1, -0.05) is 30.7 Å². The number of aromatic nitrogens is 3. The Bertz CT molecular complexity index is 967. The number of rotatable bonds is 6. The van der Waals surface area contributed by atoms with Crippen LogP contribution in [0.3, 0.4) is 0 Å². The molecule has 3 aromatic rings. The predicted octanol–water partition coefficient (Wildman–Crippen LogP) is 5.27. The van der Waals surface area contributed by atoms with Crippen molar-refractivity contribution in [1.82, 2.24) is 15.0 Å². The molecule has 2 N–H and O–H groups in total. The highest BCUT2D eigenvalue weighted by Crippen LogP contribution is 2.34. The maximum absolute atomic E-state index is 13.0. The van der Waals surface area contributed by atoms with E-state index in [1.165, 1.54) is 18.2 Å². The minimum absolute atomic E-state index is 0.309. The molecular formula is C20H20F3N5O. The van der Waals surface area contributed by atoms with Crippen molar-refractivity contribution >= 4 is 17.4 Å². The van der Waals surface area contributed by atoms with Gasteiger partial charge in [0, 0.05) is 5.69 Å². The molecule has 29 heavy (non-hydrogen) atoms. The number of hydrogen-bond acceptors (Lipinski definition) is 3. The Labute approximate surface area is 165 Å². The number of carbonyl (C=O) groups excluding carboxylic acids is 1. The average molecular weight is 403 g/mol. The number of nitrogens with one attached hydrogen (secondary N) is 2. The Hall–Kier alpha value is -3.36. The monoisotopic (exact) mass is 403 g/mol. The second-order valence-electron chi connectivity index (χ2n) is 6.43. The number of alkyl halides is 3. The zero-order valence-corrected chi connectivity index (χ0v) is 15.7. The second-order valence-corrected chi connectivity index (χ2v) is 6.43. The summed E-state index contributed by atoms with van der Waals surface area (Å²) in [5.74, 6) is 0. The Morgan fingerprint density at radius 2 is 1.79 bits per heavy atom. The summed E-state index contributed by atoms with van der Waals surface area (Å²) in [6, 6.07) is 10.8. The number of amides is 2. The van der Waals surface area contributed by atoms with E-state index in [2.05, 4.69) is 27.9 Å². The molecule has 0 aliphatic rings. The van der Waals surface area contributed by atoms with E-state index in [-0.39, 0.29) is 5.69 Å². The topological polar surface area (TPSA) is 71.8 Å². The molecule has 0 saturated heterocycles. The van der Waals surface area contributed by atoms with Crippen LogP contribution in [0, 0.1) is 0 Å². The molecule has 3 rings (SSSR count). The van der Waals surface area contributed by atoms with Gasteiger partial charge >= 0.3 is 12.2 Å². The van der Waals surface area contributed by atoms with Crippen LogP contribution in [0.4, 0.5) is 29.3 Å². The molecule has 0 aliphatic heterocycles. The van der Waals surface area contributed by atoms with Crippen molar-refractivity contribution < 1.29 is 18.0 Å². The fourth-order valence-electron chi connectivity index (χ4n) is 2.72. The zero-order valence-electron chi connectivity index (χ0n) is 15.7. The third-order valence-electron chi connectivity index (χ3n) is 4.20. The second kappa shape index (κ2) is 8.76. The Kier molecular flexibility index (Phi) is 6.16. The Morgan fingerprint density at radius 3 is 2.48 bits per heavy atom. The molecule has 0 bridgehead atoms. The van der Waals surface area contributed by atoms with Crippen molar-refractivity contribution in [3.8, 4) is 5.69 Å². The lowest BCUT2D eigenvalue weighted by atomic mass is 10.1. The zero-order chi connectivity index (χ0) is 20.9. The minimum Gasteiger partial charge on any atom is -0.308 e. The first-order valence-corrected chi connectivity index (χ1v) is 9.12. The summed E-state index contributed by atoms with van der Waals surface area (Å²) < 4.78 is 40.7. The molecule has 0 radical (unpaired) electrons. The molecule has 0 unspecified atom stereocenters. The standard InChI is InChI=1S/C20H20F3N5O/c1-2-3-6-15-13-28(27-26-15)16-11-9-14(10-12-16)24-19(29)25-18-8-5-4-7-17(18)20(21,22)23/h4-5,7-13H,2-3,6H2,1H3,(H2,24,25,29). The van der Waals surface area contributed by atoms with Gasteiger partial charge in [-0.2, -0.15) is 13.2 Å². The van der Waals surface area contributed by atoms with E-state index >= 15 is 0 Å². The van der Waals surface area contributed by atoms with Gasteiger partial charge in [-0.15, -0.1) is 5.10 Å². The SMILES string of the molecule is CCCCc1cn(-c2ccc(NC(=O)Nc3ccccc3C(F)(F)F)cc2)nn1. The molecule has 0 atom stereocenters. The summed E-state index contributed by atoms with van der Waals surface area (Å²) in [6.07, 6.45) is 0.255. The van der Waals surface area contributed by atoms with Crippen molar-refractivity contribution in [3.63, 3.8) is 0 Å². The van der Waals surface area contributed by atoms with E-state index in [0.717, 1.165) is 36.7 Å². The molecule has 152 valence electrons. The fourth-order valence-corrected chi connectivity index (χ4v) is 2.72. The van der Waals surface area contributed by atoms with Crippen LogP contribution in [0.5, 0.6) is 0 Å². The highest BCUT2D eigenvalue weighted by atomic mass is 19.4. The lowest BCUT2D eigenvalue weighted by molar-refractivity contribution is -0.136. The van der Waals surface area contributed by atoms with E-state index in [4.69, 9.17) is 0 Å². The number of anilines is 2. The average Bonchev–Trinajstić information content (AvgIpc) is 3.15. The molecule has 0 fully saturated rings. The number of urea groups is 1. The van der Waals surface area contributed by atoms with Crippen molar-refractivity contribution in [2.75, 3.05) is 10.6 Å². The van der Waals surface area contributed by atoms with Crippen LogP contribution >= 0.6 is 0 Å². The van der Waals surface area contributed by atoms with E-state index in [0.29, 0.717) is 5.69 Å². The largest absolute Gasteiger partial charge is 0.418 e. The van der Waals surface area contributed by atoms with Crippen molar-refractivity contribution in [1.29, 1.82) is 0 Å². The number of nitrogens with zero attached hydrogens (tertiary/aromatic N) is 3. The maximum Gasteiger partial charge on any atom is 0.418 e. The number of carbonyl (C=O) groups is 1. The van der Waals surface area contributed by atoms with Gasteiger partial charge in [0.2, 0.25) is 0 Å². The van der Waals surface area contributed by atoms with Crippen LogP contribution in [0.1, 0.15) is 31.0 Å². The van der Waals surface area contributed by atoms with Crippen LogP contribution in [-0.2, 0) is 12.6 Å². The molecule has 0 spiro atoms. The number of benzene rings is 2. The summed E-state index contributed by atoms with van der Waals surface area (Å²) in [7, 11) is 0. The normalized spacial score (nSPS) is 11.3. The molecule has 1 heterocycles. The summed E-state index contributed by atoms with van der Waals surface area (Å²) in [6.45, 7) is 2.11. The minimum atomic E-state index is -4.56. The fraction of sp³-hybridized carbons (Fsp3) is 0.250. The molecule has 9 heteroatoms. The molecule has 0 saturated carbocycles. The van der Waals surface area contributed by atoms with Crippen molar-refractivity contribution in [2.24, 2.45) is 0 Å². The maximum atomic E-state index is 13.0. The van der Waals surface area contributed by atoms with Crippen LogP contribution in [0.2, 0.25) is 0 Å². The summed E-state index contributed by atoms with van der Waals surface area (Å²) in [5, 5.41) is 13.0. The van der Waals surface area contributed by atoms with Gasteiger partial charge in [0.25, 0.3) is 0 Å². The van der Waals surface area contributed by atoms with Gasteiger partial charge in [0.05, 0.1) is 28.8 Å². The van der Waals surface area contributed by atoms with Gasteiger partial charge < -0.3 is 10.6 Å².